The average molecular weight is 286 g/mol. The Balaban J connectivity index is 2.13. The van der Waals surface area contributed by atoms with E-state index in [0.29, 0.717) is 5.95 Å². The highest BCUT2D eigenvalue weighted by atomic mass is 16.5. The number of nitrogens with two attached hydrogens (primary N) is 1. The number of ether oxygens (including phenoxy) is 1. The molecule has 2 N–H and O–H groups in total. The van der Waals surface area contributed by atoms with Crippen molar-refractivity contribution < 1.29 is 4.74 Å². The van der Waals surface area contributed by atoms with Gasteiger partial charge in [0.15, 0.2) is 0 Å². The van der Waals surface area contributed by atoms with Gasteiger partial charge in [-0.3, -0.25) is 0 Å². The zero-order valence-electron chi connectivity index (χ0n) is 12.8. The molecule has 0 aliphatic heterocycles. The quantitative estimate of drug-likeness (QED) is 0.884. The van der Waals surface area contributed by atoms with Crippen LogP contribution in [0.15, 0.2) is 36.7 Å². The molecule has 21 heavy (non-hydrogen) atoms. The first-order valence-electron chi connectivity index (χ1n) is 7.08. The Morgan fingerprint density at radius 3 is 2.62 bits per heavy atom. The van der Waals surface area contributed by atoms with Gasteiger partial charge >= 0.3 is 0 Å². The topological polar surface area (TPSA) is 64.3 Å². The molecular formula is C16H22N4O. The van der Waals surface area contributed by atoms with Crippen molar-refractivity contribution in [2.45, 2.75) is 25.8 Å². The van der Waals surface area contributed by atoms with Crippen molar-refractivity contribution >= 4 is 11.6 Å². The normalized spacial score (nSPS) is 12.0. The van der Waals surface area contributed by atoms with Crippen molar-refractivity contribution in [2.75, 3.05) is 19.1 Å². The highest BCUT2D eigenvalue weighted by Crippen LogP contribution is 2.24. The second-order valence-electron chi connectivity index (χ2n) is 5.02. The van der Waals surface area contributed by atoms with Crippen LogP contribution in [-0.2, 0) is 6.42 Å². The molecular weight excluding hydrogens is 264 g/mol. The van der Waals surface area contributed by atoms with Crippen molar-refractivity contribution in [3.8, 4) is 5.75 Å². The van der Waals surface area contributed by atoms with E-state index < -0.39 is 0 Å². The van der Waals surface area contributed by atoms with Crippen LogP contribution in [0.25, 0.3) is 0 Å². The molecule has 0 bridgehead atoms. The van der Waals surface area contributed by atoms with Crippen molar-refractivity contribution in [3.63, 3.8) is 0 Å². The minimum absolute atomic E-state index is 0.163. The molecule has 1 aromatic heterocycles. The number of methoxy groups -OCH3 is 1. The number of hydrogen-bond acceptors (Lipinski definition) is 5. The molecule has 1 atom stereocenters. The summed E-state index contributed by atoms with van der Waals surface area (Å²) in [6, 6.07) is 7.96. The smallest absolute Gasteiger partial charge is 0.229 e. The standard InChI is InChI=1S/C16H22N4O/c1-4-13(17)8-12-10-18-16(19-11-12)20(2)14-6-5-7-15(9-14)21-3/h5-7,9-11,13H,4,8,17H2,1-3H3. The van der Waals surface area contributed by atoms with Crippen LogP contribution in [0.1, 0.15) is 18.9 Å². The Kier molecular flexibility index (Phi) is 5.11. The van der Waals surface area contributed by atoms with E-state index in [9.17, 15) is 0 Å². The van der Waals surface area contributed by atoms with Crippen LogP contribution >= 0.6 is 0 Å². The third-order valence-electron chi connectivity index (χ3n) is 3.45. The van der Waals surface area contributed by atoms with Crippen LogP contribution in [-0.4, -0.2) is 30.2 Å². The second kappa shape index (κ2) is 7.04. The molecule has 0 aliphatic carbocycles. The average Bonchev–Trinajstić information content (AvgIpc) is 2.54. The molecule has 0 saturated heterocycles. The van der Waals surface area contributed by atoms with E-state index in [-0.39, 0.29) is 6.04 Å². The van der Waals surface area contributed by atoms with Crippen LogP contribution < -0.4 is 15.4 Å². The highest BCUT2D eigenvalue weighted by molar-refractivity contribution is 5.58. The molecule has 5 heteroatoms. The van der Waals surface area contributed by atoms with E-state index in [2.05, 4.69) is 16.9 Å². The van der Waals surface area contributed by atoms with Gasteiger partial charge in [-0.2, -0.15) is 0 Å². The van der Waals surface area contributed by atoms with Crippen molar-refractivity contribution in [2.24, 2.45) is 5.73 Å². The van der Waals surface area contributed by atoms with Gasteiger partial charge in [0.25, 0.3) is 0 Å². The number of nitrogens with zero attached hydrogens (tertiary/aromatic N) is 3. The maximum Gasteiger partial charge on any atom is 0.229 e. The summed E-state index contributed by atoms with van der Waals surface area (Å²) < 4.78 is 5.23. The van der Waals surface area contributed by atoms with E-state index in [1.807, 2.05) is 48.6 Å². The lowest BCUT2D eigenvalue weighted by atomic mass is 10.1. The number of hydrogen-bond donors (Lipinski definition) is 1. The summed E-state index contributed by atoms with van der Waals surface area (Å²) in [4.78, 5) is 10.8. The SMILES string of the molecule is CCC(N)Cc1cnc(N(C)c2cccc(OC)c2)nc1. The molecule has 2 aromatic rings. The second-order valence-corrected chi connectivity index (χ2v) is 5.02. The Morgan fingerprint density at radius 1 is 1.29 bits per heavy atom. The summed E-state index contributed by atoms with van der Waals surface area (Å²) in [5, 5.41) is 0. The zero-order chi connectivity index (χ0) is 15.2. The van der Waals surface area contributed by atoms with Crippen molar-refractivity contribution in [3.05, 3.63) is 42.2 Å². The van der Waals surface area contributed by atoms with E-state index in [4.69, 9.17) is 10.5 Å². The maximum atomic E-state index is 5.95. The zero-order valence-corrected chi connectivity index (χ0v) is 12.8. The van der Waals surface area contributed by atoms with Crippen molar-refractivity contribution in [1.82, 2.24) is 9.97 Å². The fourth-order valence-electron chi connectivity index (χ4n) is 2.01. The van der Waals surface area contributed by atoms with Crippen LogP contribution in [0.5, 0.6) is 5.75 Å². The van der Waals surface area contributed by atoms with Gasteiger partial charge in [-0.05, 0) is 30.5 Å². The molecule has 0 fully saturated rings. The van der Waals surface area contributed by atoms with Crippen molar-refractivity contribution in [1.29, 1.82) is 0 Å². The third-order valence-corrected chi connectivity index (χ3v) is 3.45. The Labute approximate surface area is 125 Å². The van der Waals surface area contributed by atoms with Gasteiger partial charge < -0.3 is 15.4 Å². The predicted molar refractivity (Wildman–Crippen MR) is 85.1 cm³/mol. The minimum Gasteiger partial charge on any atom is -0.497 e. The van der Waals surface area contributed by atoms with Gasteiger partial charge in [0.2, 0.25) is 5.95 Å². The Morgan fingerprint density at radius 2 is 2.00 bits per heavy atom. The van der Waals surface area contributed by atoms with Gasteiger partial charge in [0, 0.05) is 37.2 Å². The highest BCUT2D eigenvalue weighted by Gasteiger charge is 2.09. The summed E-state index contributed by atoms with van der Waals surface area (Å²) in [6.45, 7) is 2.08. The molecule has 1 heterocycles. The summed E-state index contributed by atoms with van der Waals surface area (Å²) in [5.74, 6) is 1.46. The van der Waals surface area contributed by atoms with E-state index in [0.717, 1.165) is 29.8 Å². The fourth-order valence-corrected chi connectivity index (χ4v) is 2.01. The first kappa shape index (κ1) is 15.3. The lowest BCUT2D eigenvalue weighted by Crippen LogP contribution is -2.21. The maximum absolute atomic E-state index is 5.95. The predicted octanol–water partition coefficient (Wildman–Crippen LogP) is 2.53. The van der Waals surface area contributed by atoms with Gasteiger partial charge in [0.1, 0.15) is 5.75 Å². The molecule has 0 spiro atoms. The Bertz CT molecular complexity index is 571. The molecule has 2 rings (SSSR count). The molecule has 0 aliphatic rings. The van der Waals surface area contributed by atoms with Gasteiger partial charge in [-0.1, -0.05) is 13.0 Å². The fraction of sp³-hybridized carbons (Fsp3) is 0.375. The molecule has 112 valence electrons. The van der Waals surface area contributed by atoms with Gasteiger partial charge in [-0.15, -0.1) is 0 Å². The number of anilines is 2. The van der Waals surface area contributed by atoms with Crippen LogP contribution in [0, 0.1) is 0 Å². The van der Waals surface area contributed by atoms with Crippen LogP contribution in [0.3, 0.4) is 0 Å². The molecule has 0 amide bonds. The van der Waals surface area contributed by atoms with Gasteiger partial charge in [-0.25, -0.2) is 9.97 Å². The largest absolute Gasteiger partial charge is 0.497 e. The molecule has 0 radical (unpaired) electrons. The minimum atomic E-state index is 0.163. The third kappa shape index (κ3) is 3.92. The Hall–Kier alpha value is -2.14. The van der Waals surface area contributed by atoms with Crippen LogP contribution in [0.2, 0.25) is 0 Å². The number of aromatic nitrogens is 2. The number of rotatable bonds is 6. The summed E-state index contributed by atoms with van der Waals surface area (Å²) >= 11 is 0. The monoisotopic (exact) mass is 286 g/mol. The van der Waals surface area contributed by atoms with E-state index >= 15 is 0 Å². The van der Waals surface area contributed by atoms with E-state index in [1.165, 1.54) is 0 Å². The number of benzene rings is 1. The lowest BCUT2D eigenvalue weighted by Gasteiger charge is -2.18. The molecule has 0 saturated carbocycles. The molecule has 1 unspecified atom stereocenters. The molecule has 5 nitrogen and oxygen atoms in total. The summed E-state index contributed by atoms with van der Waals surface area (Å²) in [7, 11) is 3.59. The first-order valence-corrected chi connectivity index (χ1v) is 7.08. The van der Waals surface area contributed by atoms with Gasteiger partial charge in [0.05, 0.1) is 7.11 Å². The lowest BCUT2D eigenvalue weighted by molar-refractivity contribution is 0.415. The van der Waals surface area contributed by atoms with E-state index in [1.54, 1.807) is 7.11 Å². The molecule has 1 aromatic carbocycles. The first-order chi connectivity index (χ1) is 10.1. The summed E-state index contributed by atoms with van der Waals surface area (Å²) in [6.07, 6.45) is 5.44. The summed E-state index contributed by atoms with van der Waals surface area (Å²) in [5.41, 5.74) is 7.99. The van der Waals surface area contributed by atoms with Crippen LogP contribution in [0.4, 0.5) is 11.6 Å².